The summed E-state index contributed by atoms with van der Waals surface area (Å²) in [5.41, 5.74) is 0.767. The van der Waals surface area contributed by atoms with Crippen LogP contribution in [-0.2, 0) is 11.2 Å². The van der Waals surface area contributed by atoms with E-state index in [2.05, 4.69) is 9.97 Å². The second kappa shape index (κ2) is 3.10. The molecule has 1 N–H and O–H groups in total. The Balaban J connectivity index is 2.44. The number of hydrogen-bond donors (Lipinski definition) is 1. The molecule has 2 aromatic heterocycles. The fraction of sp³-hybridized carbons (Fsp3) is 0.125. The van der Waals surface area contributed by atoms with Gasteiger partial charge in [-0.1, -0.05) is 11.3 Å². The van der Waals surface area contributed by atoms with Crippen LogP contribution in [0.3, 0.4) is 0 Å². The lowest BCUT2D eigenvalue weighted by atomic mass is 10.4. The van der Waals surface area contributed by atoms with Crippen LogP contribution in [0.15, 0.2) is 18.3 Å². The number of pyridine rings is 1. The molecule has 0 aromatic carbocycles. The lowest BCUT2D eigenvalue weighted by molar-refractivity contribution is -0.136. The summed E-state index contributed by atoms with van der Waals surface area (Å²) in [5.74, 6) is -0.862. The Hall–Kier alpha value is -1.49. The summed E-state index contributed by atoms with van der Waals surface area (Å²) in [5, 5.41) is 9.14. The van der Waals surface area contributed by atoms with Gasteiger partial charge in [0, 0.05) is 6.20 Å². The molecule has 0 aliphatic heterocycles. The molecule has 66 valence electrons. The van der Waals surface area contributed by atoms with Crippen LogP contribution < -0.4 is 0 Å². The van der Waals surface area contributed by atoms with Crippen LogP contribution in [0.5, 0.6) is 0 Å². The highest BCUT2D eigenvalue weighted by molar-refractivity contribution is 7.18. The summed E-state index contributed by atoms with van der Waals surface area (Å²) >= 11 is 1.32. The number of fused-ring (bicyclic) bond motifs is 1. The number of thiazole rings is 1. The van der Waals surface area contributed by atoms with Gasteiger partial charge in [-0.3, -0.25) is 4.79 Å². The molecule has 0 radical (unpaired) electrons. The number of aliphatic carboxylic acids is 1. The van der Waals surface area contributed by atoms with E-state index in [1.807, 2.05) is 6.07 Å². The average Bonchev–Trinajstić information content (AvgIpc) is 2.44. The van der Waals surface area contributed by atoms with Crippen molar-refractivity contribution in [2.75, 3.05) is 0 Å². The van der Waals surface area contributed by atoms with E-state index in [1.165, 1.54) is 11.3 Å². The number of carbonyl (C=O) groups is 1. The summed E-state index contributed by atoms with van der Waals surface area (Å²) in [7, 11) is 0. The molecule has 0 amide bonds. The van der Waals surface area contributed by atoms with Crippen molar-refractivity contribution in [1.29, 1.82) is 0 Å². The van der Waals surface area contributed by atoms with E-state index in [1.54, 1.807) is 12.3 Å². The van der Waals surface area contributed by atoms with Gasteiger partial charge in [0.25, 0.3) is 0 Å². The SMILES string of the molecule is O=C(O)Cc1nc2cccnc2s1. The highest BCUT2D eigenvalue weighted by Crippen LogP contribution is 2.19. The van der Waals surface area contributed by atoms with Crippen molar-refractivity contribution in [1.82, 2.24) is 9.97 Å². The molecule has 0 aliphatic rings. The van der Waals surface area contributed by atoms with Crippen molar-refractivity contribution in [3.63, 3.8) is 0 Å². The van der Waals surface area contributed by atoms with Crippen molar-refractivity contribution >= 4 is 27.7 Å². The molecule has 0 aliphatic carbocycles. The molecular weight excluding hydrogens is 188 g/mol. The topological polar surface area (TPSA) is 63.1 Å². The monoisotopic (exact) mass is 194 g/mol. The van der Waals surface area contributed by atoms with Crippen LogP contribution in [0.2, 0.25) is 0 Å². The van der Waals surface area contributed by atoms with Gasteiger partial charge in [0.2, 0.25) is 0 Å². The number of nitrogens with zero attached hydrogens (tertiary/aromatic N) is 2. The van der Waals surface area contributed by atoms with Crippen molar-refractivity contribution in [2.24, 2.45) is 0 Å². The first kappa shape index (κ1) is 8.12. The Morgan fingerprint density at radius 2 is 2.46 bits per heavy atom. The number of rotatable bonds is 2. The molecule has 0 bridgehead atoms. The van der Waals surface area contributed by atoms with E-state index in [4.69, 9.17) is 5.11 Å². The van der Waals surface area contributed by atoms with Gasteiger partial charge in [-0.15, -0.1) is 0 Å². The normalized spacial score (nSPS) is 10.5. The molecule has 0 saturated heterocycles. The molecule has 13 heavy (non-hydrogen) atoms. The van der Waals surface area contributed by atoms with Gasteiger partial charge in [-0.05, 0) is 12.1 Å². The van der Waals surface area contributed by atoms with Gasteiger partial charge < -0.3 is 5.11 Å². The van der Waals surface area contributed by atoms with Gasteiger partial charge in [0.1, 0.15) is 15.4 Å². The number of carboxylic acid groups (broad SMARTS) is 1. The second-order valence-electron chi connectivity index (χ2n) is 2.51. The van der Waals surface area contributed by atoms with E-state index < -0.39 is 5.97 Å². The average molecular weight is 194 g/mol. The molecule has 5 heteroatoms. The van der Waals surface area contributed by atoms with E-state index in [0.29, 0.717) is 5.01 Å². The van der Waals surface area contributed by atoms with Crippen LogP contribution in [0.1, 0.15) is 5.01 Å². The molecule has 2 heterocycles. The molecule has 2 aromatic rings. The van der Waals surface area contributed by atoms with Gasteiger partial charge in [0.05, 0.1) is 6.42 Å². The van der Waals surface area contributed by atoms with Gasteiger partial charge in [-0.25, -0.2) is 9.97 Å². The Morgan fingerprint density at radius 3 is 3.15 bits per heavy atom. The molecule has 0 unspecified atom stereocenters. The van der Waals surface area contributed by atoms with Crippen LogP contribution in [0.4, 0.5) is 0 Å². The summed E-state index contributed by atoms with van der Waals surface area (Å²) in [6.07, 6.45) is 1.64. The summed E-state index contributed by atoms with van der Waals surface area (Å²) in [6.45, 7) is 0. The Morgan fingerprint density at radius 1 is 1.62 bits per heavy atom. The second-order valence-corrected chi connectivity index (χ2v) is 3.57. The summed E-state index contributed by atoms with van der Waals surface area (Å²) in [6, 6.07) is 3.61. The lowest BCUT2D eigenvalue weighted by Crippen LogP contribution is -1.98. The predicted octanol–water partition coefficient (Wildman–Crippen LogP) is 1.32. The maximum atomic E-state index is 10.4. The molecule has 0 spiro atoms. The summed E-state index contributed by atoms with van der Waals surface area (Å²) in [4.78, 5) is 19.4. The Bertz CT molecular complexity index is 419. The number of hydrogen-bond acceptors (Lipinski definition) is 4. The summed E-state index contributed by atoms with van der Waals surface area (Å²) < 4.78 is 0. The fourth-order valence-electron chi connectivity index (χ4n) is 1.02. The third-order valence-electron chi connectivity index (χ3n) is 1.51. The van der Waals surface area contributed by atoms with Crippen LogP contribution in [-0.4, -0.2) is 21.0 Å². The first-order valence-electron chi connectivity index (χ1n) is 3.68. The molecular formula is C8H6N2O2S. The van der Waals surface area contributed by atoms with Gasteiger partial charge in [-0.2, -0.15) is 0 Å². The predicted molar refractivity (Wildman–Crippen MR) is 48.8 cm³/mol. The number of carboxylic acids is 1. The van der Waals surface area contributed by atoms with Crippen LogP contribution >= 0.6 is 11.3 Å². The van der Waals surface area contributed by atoms with E-state index in [9.17, 15) is 4.79 Å². The van der Waals surface area contributed by atoms with Gasteiger partial charge >= 0.3 is 5.97 Å². The standard InChI is InChI=1S/C8H6N2O2S/c11-7(12)4-6-10-5-2-1-3-9-8(5)13-6/h1-3H,4H2,(H,11,12). The molecule has 0 saturated carbocycles. The smallest absolute Gasteiger partial charge is 0.310 e. The zero-order valence-corrected chi connectivity index (χ0v) is 7.41. The Kier molecular flexibility index (Phi) is 1.94. The van der Waals surface area contributed by atoms with Crippen LogP contribution in [0.25, 0.3) is 10.3 Å². The largest absolute Gasteiger partial charge is 0.481 e. The van der Waals surface area contributed by atoms with Gasteiger partial charge in [0.15, 0.2) is 0 Å². The van der Waals surface area contributed by atoms with Crippen LogP contribution in [0, 0.1) is 0 Å². The van der Waals surface area contributed by atoms with Crippen molar-refractivity contribution < 1.29 is 9.90 Å². The zero-order chi connectivity index (χ0) is 9.26. The molecule has 0 atom stereocenters. The lowest BCUT2D eigenvalue weighted by Gasteiger charge is -1.84. The zero-order valence-electron chi connectivity index (χ0n) is 6.60. The fourth-order valence-corrected chi connectivity index (χ4v) is 1.91. The Labute approximate surface area is 77.9 Å². The molecule has 4 nitrogen and oxygen atoms in total. The van der Waals surface area contributed by atoms with E-state index in [0.717, 1.165) is 10.3 Å². The van der Waals surface area contributed by atoms with Crippen molar-refractivity contribution in [3.05, 3.63) is 23.3 Å². The minimum absolute atomic E-state index is 0.0268. The first-order chi connectivity index (χ1) is 6.25. The maximum absolute atomic E-state index is 10.4. The van der Waals surface area contributed by atoms with E-state index in [-0.39, 0.29) is 6.42 Å². The number of aromatic nitrogens is 2. The third kappa shape index (κ3) is 1.65. The van der Waals surface area contributed by atoms with E-state index >= 15 is 0 Å². The highest BCUT2D eigenvalue weighted by atomic mass is 32.1. The van der Waals surface area contributed by atoms with Crippen molar-refractivity contribution in [2.45, 2.75) is 6.42 Å². The minimum Gasteiger partial charge on any atom is -0.481 e. The molecule has 2 rings (SSSR count). The maximum Gasteiger partial charge on any atom is 0.310 e. The first-order valence-corrected chi connectivity index (χ1v) is 4.49. The highest BCUT2D eigenvalue weighted by Gasteiger charge is 2.07. The molecule has 0 fully saturated rings. The van der Waals surface area contributed by atoms with Crippen molar-refractivity contribution in [3.8, 4) is 0 Å². The third-order valence-corrected chi connectivity index (χ3v) is 2.49. The quantitative estimate of drug-likeness (QED) is 0.783. The minimum atomic E-state index is -0.862.